The van der Waals surface area contributed by atoms with Crippen molar-refractivity contribution in [3.8, 4) is 17.6 Å². The number of hydrogen-bond donors (Lipinski definition) is 0. The third-order valence-corrected chi connectivity index (χ3v) is 6.42. The van der Waals surface area contributed by atoms with Gasteiger partial charge in [-0.3, -0.25) is 0 Å². The Morgan fingerprint density at radius 2 is 1.85 bits per heavy atom. The normalized spacial score (nSPS) is 16.6. The highest BCUT2D eigenvalue weighted by molar-refractivity contribution is 5.93. The monoisotopic (exact) mass is 436 g/mol. The molecule has 0 saturated carbocycles. The Morgan fingerprint density at radius 3 is 2.61 bits per heavy atom. The number of benzene rings is 2. The lowest BCUT2D eigenvalue weighted by Crippen LogP contribution is -2.36. The summed E-state index contributed by atoms with van der Waals surface area (Å²) in [6.45, 7) is 0.689. The van der Waals surface area contributed by atoms with E-state index in [2.05, 4.69) is 21.1 Å². The van der Waals surface area contributed by atoms with E-state index in [4.69, 9.17) is 14.5 Å². The summed E-state index contributed by atoms with van der Waals surface area (Å²) in [5, 5.41) is 14.8. The minimum absolute atomic E-state index is 0.322. The van der Waals surface area contributed by atoms with E-state index in [0.717, 1.165) is 40.2 Å². The second-order valence-corrected chi connectivity index (χ2v) is 7.99. The minimum atomic E-state index is -0.322. The van der Waals surface area contributed by atoms with Gasteiger partial charge in [-0.1, -0.05) is 30.3 Å². The SMILES string of the molecule is COc1cc2c(cc1OC)C1=C(C#N)C(c3ccccc3)c3c(ncn4ncnc34)N1CC2. The number of allylic oxidation sites excluding steroid dienone is 1. The number of nitrogens with zero attached hydrogens (tertiary/aromatic N) is 6. The fourth-order valence-electron chi connectivity index (χ4n) is 5.00. The highest BCUT2D eigenvalue weighted by atomic mass is 16.5. The zero-order valence-electron chi connectivity index (χ0n) is 18.2. The molecule has 2 aromatic carbocycles. The molecule has 2 aromatic heterocycles. The minimum Gasteiger partial charge on any atom is -0.493 e. The van der Waals surface area contributed by atoms with Crippen LogP contribution in [0.3, 0.4) is 0 Å². The lowest BCUT2D eigenvalue weighted by molar-refractivity contribution is 0.354. The lowest BCUT2D eigenvalue weighted by atomic mass is 9.78. The molecule has 8 heteroatoms. The van der Waals surface area contributed by atoms with Gasteiger partial charge in [-0.05, 0) is 29.7 Å². The summed E-state index contributed by atoms with van der Waals surface area (Å²) < 4.78 is 12.8. The number of hydrogen-bond acceptors (Lipinski definition) is 7. The number of rotatable bonds is 3. The smallest absolute Gasteiger partial charge is 0.164 e. The molecule has 162 valence electrons. The molecule has 1 atom stereocenters. The van der Waals surface area contributed by atoms with Gasteiger partial charge in [0.05, 0.1) is 43.0 Å². The van der Waals surface area contributed by atoms with Crippen LogP contribution in [0.2, 0.25) is 0 Å². The van der Waals surface area contributed by atoms with E-state index in [-0.39, 0.29) is 5.92 Å². The summed E-state index contributed by atoms with van der Waals surface area (Å²) in [5.74, 6) is 1.80. The molecule has 2 aliphatic rings. The van der Waals surface area contributed by atoms with Crippen molar-refractivity contribution in [1.29, 1.82) is 5.26 Å². The molecule has 4 heterocycles. The Bertz CT molecular complexity index is 1470. The molecule has 0 fully saturated rings. The van der Waals surface area contributed by atoms with E-state index in [0.29, 0.717) is 29.3 Å². The van der Waals surface area contributed by atoms with Crippen LogP contribution >= 0.6 is 0 Å². The van der Waals surface area contributed by atoms with Crippen molar-refractivity contribution >= 4 is 17.2 Å². The summed E-state index contributed by atoms with van der Waals surface area (Å²) in [5.41, 5.74) is 6.20. The van der Waals surface area contributed by atoms with Crippen LogP contribution in [0.15, 0.2) is 60.7 Å². The Balaban J connectivity index is 1.70. The Labute approximate surface area is 190 Å². The fraction of sp³-hybridized carbons (Fsp3) is 0.200. The highest BCUT2D eigenvalue weighted by Gasteiger charge is 2.40. The predicted octanol–water partition coefficient (Wildman–Crippen LogP) is 3.58. The molecule has 0 N–H and O–H groups in total. The van der Waals surface area contributed by atoms with Gasteiger partial charge >= 0.3 is 0 Å². The third kappa shape index (κ3) is 2.72. The van der Waals surface area contributed by atoms with Gasteiger partial charge in [0.2, 0.25) is 0 Å². The molecule has 0 aliphatic carbocycles. The lowest BCUT2D eigenvalue weighted by Gasteiger charge is -2.40. The van der Waals surface area contributed by atoms with Crippen molar-refractivity contribution in [3.63, 3.8) is 0 Å². The largest absolute Gasteiger partial charge is 0.493 e. The fourth-order valence-corrected chi connectivity index (χ4v) is 5.00. The van der Waals surface area contributed by atoms with Gasteiger partial charge in [-0.2, -0.15) is 10.4 Å². The van der Waals surface area contributed by atoms with Crippen LogP contribution in [0.25, 0.3) is 11.3 Å². The first-order valence-corrected chi connectivity index (χ1v) is 10.7. The first-order valence-electron chi connectivity index (χ1n) is 10.7. The first-order chi connectivity index (χ1) is 16.2. The Hall–Kier alpha value is -4.38. The summed E-state index contributed by atoms with van der Waals surface area (Å²) >= 11 is 0. The summed E-state index contributed by atoms with van der Waals surface area (Å²) in [7, 11) is 3.26. The zero-order valence-corrected chi connectivity index (χ0v) is 18.2. The van der Waals surface area contributed by atoms with E-state index in [9.17, 15) is 5.26 Å². The van der Waals surface area contributed by atoms with Crippen LogP contribution < -0.4 is 14.4 Å². The van der Waals surface area contributed by atoms with E-state index in [1.54, 1.807) is 25.1 Å². The average Bonchev–Trinajstić information content (AvgIpc) is 3.36. The van der Waals surface area contributed by atoms with Crippen molar-refractivity contribution in [2.45, 2.75) is 12.3 Å². The summed E-state index contributed by atoms with van der Waals surface area (Å²) in [4.78, 5) is 11.4. The maximum absolute atomic E-state index is 10.5. The van der Waals surface area contributed by atoms with Gasteiger partial charge in [0.15, 0.2) is 17.1 Å². The molecule has 1 unspecified atom stereocenters. The van der Waals surface area contributed by atoms with Crippen molar-refractivity contribution < 1.29 is 9.47 Å². The molecule has 0 spiro atoms. The van der Waals surface area contributed by atoms with Crippen LogP contribution in [0, 0.1) is 11.3 Å². The van der Waals surface area contributed by atoms with E-state index in [1.165, 1.54) is 6.33 Å². The second-order valence-electron chi connectivity index (χ2n) is 7.99. The molecule has 4 aromatic rings. The molecule has 33 heavy (non-hydrogen) atoms. The van der Waals surface area contributed by atoms with Gasteiger partial charge in [0, 0.05) is 12.1 Å². The van der Waals surface area contributed by atoms with Crippen LogP contribution in [-0.2, 0) is 6.42 Å². The number of ether oxygens (including phenoxy) is 2. The topological polar surface area (TPSA) is 88.6 Å². The number of anilines is 1. The first kappa shape index (κ1) is 19.3. The average molecular weight is 436 g/mol. The van der Waals surface area contributed by atoms with Crippen LogP contribution in [0.1, 0.15) is 28.2 Å². The molecule has 0 saturated heterocycles. The van der Waals surface area contributed by atoms with Gasteiger partial charge in [-0.15, -0.1) is 0 Å². The number of methoxy groups -OCH3 is 2. The maximum Gasteiger partial charge on any atom is 0.164 e. The number of aromatic nitrogens is 4. The van der Waals surface area contributed by atoms with E-state index < -0.39 is 0 Å². The van der Waals surface area contributed by atoms with Crippen molar-refractivity contribution in [3.05, 3.63) is 82.9 Å². The highest BCUT2D eigenvalue weighted by Crippen LogP contribution is 2.50. The molecule has 0 radical (unpaired) electrons. The van der Waals surface area contributed by atoms with Gasteiger partial charge in [-0.25, -0.2) is 14.5 Å². The van der Waals surface area contributed by atoms with E-state index >= 15 is 0 Å². The van der Waals surface area contributed by atoms with Crippen molar-refractivity contribution in [2.75, 3.05) is 25.7 Å². The molecular weight excluding hydrogens is 416 g/mol. The molecule has 6 rings (SSSR count). The van der Waals surface area contributed by atoms with Crippen molar-refractivity contribution in [1.82, 2.24) is 19.6 Å². The molecule has 8 nitrogen and oxygen atoms in total. The molecule has 0 amide bonds. The van der Waals surface area contributed by atoms with Gasteiger partial charge in [0.1, 0.15) is 18.5 Å². The predicted molar refractivity (Wildman–Crippen MR) is 122 cm³/mol. The quantitative estimate of drug-likeness (QED) is 0.485. The van der Waals surface area contributed by atoms with Crippen molar-refractivity contribution in [2.24, 2.45) is 0 Å². The number of fused-ring (bicyclic) bond motifs is 7. The Morgan fingerprint density at radius 1 is 1.06 bits per heavy atom. The van der Waals surface area contributed by atoms with Gasteiger partial charge in [0.25, 0.3) is 0 Å². The van der Waals surface area contributed by atoms with E-state index in [1.807, 2.05) is 42.5 Å². The Kier molecular flexibility index (Phi) is 4.30. The maximum atomic E-state index is 10.5. The van der Waals surface area contributed by atoms with Crippen LogP contribution in [-0.4, -0.2) is 40.3 Å². The number of nitriles is 1. The van der Waals surface area contributed by atoms with Crippen LogP contribution in [0.5, 0.6) is 11.5 Å². The molecular formula is C25H20N6O2. The zero-order chi connectivity index (χ0) is 22.5. The third-order valence-electron chi connectivity index (χ3n) is 6.42. The molecule has 2 aliphatic heterocycles. The summed E-state index contributed by atoms with van der Waals surface area (Å²) in [6, 6.07) is 16.5. The summed E-state index contributed by atoms with van der Waals surface area (Å²) in [6.07, 6.45) is 3.99. The van der Waals surface area contributed by atoms with Crippen LogP contribution in [0.4, 0.5) is 5.82 Å². The standard InChI is InChI=1S/C25H20N6O2/c1-32-19-10-16-8-9-30-23(17(16)11-20(19)33-2)18(12-26)21(15-6-4-3-5-7-15)22-24(30)28-14-31-25(22)27-13-29-31/h3-7,10-11,13-14,21H,8-9H2,1-2H3. The second kappa shape index (κ2) is 7.35. The van der Waals surface area contributed by atoms with Gasteiger partial charge < -0.3 is 14.4 Å². The molecule has 0 bridgehead atoms.